The largest absolute Gasteiger partial charge is 0.393 e. The zero-order valence-electron chi connectivity index (χ0n) is 6.43. The molecule has 0 fully saturated rings. The van der Waals surface area contributed by atoms with E-state index in [1.807, 2.05) is 0 Å². The van der Waals surface area contributed by atoms with Crippen molar-refractivity contribution >= 4 is 0 Å². The second-order valence-corrected chi connectivity index (χ2v) is 2.55. The molecule has 66 valence electrons. The van der Waals surface area contributed by atoms with Crippen LogP contribution in [-0.4, -0.2) is 33.9 Å². The van der Waals surface area contributed by atoms with E-state index in [-0.39, 0.29) is 6.42 Å². The number of aliphatic hydroxyl groups excluding tert-OH is 2. The molecule has 0 aliphatic carbocycles. The van der Waals surface area contributed by atoms with Crippen molar-refractivity contribution < 1.29 is 15.1 Å². The first-order valence-corrected chi connectivity index (χ1v) is 3.50. The van der Waals surface area contributed by atoms with Crippen LogP contribution >= 0.6 is 0 Å². The van der Waals surface area contributed by atoms with Crippen LogP contribution in [0, 0.1) is 10.1 Å². The van der Waals surface area contributed by atoms with Gasteiger partial charge >= 0.3 is 0 Å². The fraction of sp³-hybridized carbons (Fsp3) is 1.00. The van der Waals surface area contributed by atoms with Crippen LogP contribution in [0.1, 0.15) is 19.8 Å². The smallest absolute Gasteiger partial charge is 0.235 e. The Morgan fingerprint density at radius 1 is 1.55 bits per heavy atom. The van der Waals surface area contributed by atoms with Crippen LogP contribution in [0.5, 0.6) is 0 Å². The van der Waals surface area contributed by atoms with E-state index in [0.29, 0.717) is 6.42 Å². The van der Waals surface area contributed by atoms with Crippen LogP contribution in [0.15, 0.2) is 0 Å². The fourth-order valence-electron chi connectivity index (χ4n) is 0.697. The predicted molar refractivity (Wildman–Crippen MR) is 38.8 cm³/mol. The standard InChI is InChI=1S/C6H13NO4/c1-5(9)2-3-6(4-8)7(10)11/h5-6,8-9H,2-4H2,1H3. The van der Waals surface area contributed by atoms with Gasteiger partial charge in [0.2, 0.25) is 6.04 Å². The van der Waals surface area contributed by atoms with Gasteiger partial charge in [0.05, 0.1) is 6.10 Å². The van der Waals surface area contributed by atoms with Gasteiger partial charge in [-0.15, -0.1) is 0 Å². The maximum Gasteiger partial charge on any atom is 0.235 e. The van der Waals surface area contributed by atoms with E-state index in [0.717, 1.165) is 0 Å². The molecule has 2 N–H and O–H groups in total. The molecule has 11 heavy (non-hydrogen) atoms. The van der Waals surface area contributed by atoms with Crippen LogP contribution in [0.25, 0.3) is 0 Å². The minimum atomic E-state index is -0.926. The van der Waals surface area contributed by atoms with Crippen LogP contribution in [-0.2, 0) is 0 Å². The lowest BCUT2D eigenvalue weighted by Gasteiger charge is -2.06. The van der Waals surface area contributed by atoms with Crippen molar-refractivity contribution in [1.82, 2.24) is 0 Å². The van der Waals surface area contributed by atoms with Gasteiger partial charge in [-0.25, -0.2) is 0 Å². The fourth-order valence-corrected chi connectivity index (χ4v) is 0.697. The summed E-state index contributed by atoms with van der Waals surface area (Å²) in [5.41, 5.74) is 0. The molecular weight excluding hydrogens is 150 g/mol. The molecular formula is C6H13NO4. The first kappa shape index (κ1) is 10.3. The quantitative estimate of drug-likeness (QED) is 0.433. The Balaban J connectivity index is 3.61. The van der Waals surface area contributed by atoms with E-state index < -0.39 is 23.7 Å². The van der Waals surface area contributed by atoms with Crippen LogP contribution in [0.3, 0.4) is 0 Å². The Morgan fingerprint density at radius 2 is 2.09 bits per heavy atom. The molecule has 5 heteroatoms. The number of nitrogens with zero attached hydrogens (tertiary/aromatic N) is 1. The summed E-state index contributed by atoms with van der Waals surface area (Å²) in [5.74, 6) is 0. The van der Waals surface area contributed by atoms with Gasteiger partial charge in [0.25, 0.3) is 0 Å². The molecule has 0 aromatic rings. The first-order chi connectivity index (χ1) is 5.07. The average molecular weight is 163 g/mol. The summed E-state index contributed by atoms with van der Waals surface area (Å²) < 4.78 is 0. The Kier molecular flexibility index (Phi) is 4.72. The lowest BCUT2D eigenvalue weighted by molar-refractivity contribution is -0.527. The van der Waals surface area contributed by atoms with E-state index in [2.05, 4.69) is 0 Å². The average Bonchev–Trinajstić information content (AvgIpc) is 1.87. The van der Waals surface area contributed by atoms with Gasteiger partial charge in [0.15, 0.2) is 0 Å². The molecule has 5 nitrogen and oxygen atoms in total. The van der Waals surface area contributed by atoms with Crippen molar-refractivity contribution in [3.8, 4) is 0 Å². The van der Waals surface area contributed by atoms with Gasteiger partial charge in [-0.3, -0.25) is 10.1 Å². The maximum atomic E-state index is 10.1. The van der Waals surface area contributed by atoms with Crippen molar-refractivity contribution in [3.63, 3.8) is 0 Å². The molecule has 0 aliphatic rings. The number of rotatable bonds is 5. The topological polar surface area (TPSA) is 83.6 Å². The van der Waals surface area contributed by atoms with E-state index >= 15 is 0 Å². The SMILES string of the molecule is CC(O)CCC(CO)[N+](=O)[O-]. The van der Waals surface area contributed by atoms with Gasteiger partial charge in [-0.05, 0) is 13.3 Å². The van der Waals surface area contributed by atoms with Crippen molar-refractivity contribution in [3.05, 3.63) is 10.1 Å². The minimum Gasteiger partial charge on any atom is -0.393 e. The third-order valence-electron chi connectivity index (χ3n) is 1.43. The van der Waals surface area contributed by atoms with E-state index in [1.54, 1.807) is 6.92 Å². The van der Waals surface area contributed by atoms with Crippen LogP contribution in [0.2, 0.25) is 0 Å². The molecule has 0 saturated carbocycles. The molecule has 0 rings (SSSR count). The summed E-state index contributed by atoms with van der Waals surface area (Å²) in [7, 11) is 0. The van der Waals surface area contributed by atoms with Crippen LogP contribution in [0.4, 0.5) is 0 Å². The lowest BCUT2D eigenvalue weighted by Crippen LogP contribution is -2.24. The van der Waals surface area contributed by atoms with E-state index in [4.69, 9.17) is 10.2 Å². The number of nitro groups is 1. The van der Waals surface area contributed by atoms with E-state index in [9.17, 15) is 10.1 Å². The molecule has 0 aromatic heterocycles. The summed E-state index contributed by atoms with van der Waals surface area (Å²) in [6, 6.07) is -0.926. The third kappa shape index (κ3) is 4.69. The monoisotopic (exact) mass is 163 g/mol. The van der Waals surface area contributed by atoms with Crippen molar-refractivity contribution in [1.29, 1.82) is 0 Å². The molecule has 0 bridgehead atoms. The Morgan fingerprint density at radius 3 is 2.36 bits per heavy atom. The van der Waals surface area contributed by atoms with Crippen molar-refractivity contribution in [2.45, 2.75) is 31.9 Å². The predicted octanol–water partition coefficient (Wildman–Crippen LogP) is -0.215. The molecule has 0 amide bonds. The van der Waals surface area contributed by atoms with Crippen LogP contribution < -0.4 is 0 Å². The van der Waals surface area contributed by atoms with Crippen molar-refractivity contribution in [2.24, 2.45) is 0 Å². The number of aliphatic hydroxyl groups is 2. The number of hydrogen-bond acceptors (Lipinski definition) is 4. The maximum absolute atomic E-state index is 10.1. The molecule has 0 spiro atoms. The van der Waals surface area contributed by atoms with Gasteiger partial charge in [-0.1, -0.05) is 0 Å². The third-order valence-corrected chi connectivity index (χ3v) is 1.43. The number of hydrogen-bond donors (Lipinski definition) is 2. The summed E-state index contributed by atoms with van der Waals surface area (Å²) in [6.07, 6.45) is 0.0388. The summed E-state index contributed by atoms with van der Waals surface area (Å²) in [5, 5.41) is 27.4. The highest BCUT2D eigenvalue weighted by molar-refractivity contribution is 4.57. The summed E-state index contributed by atoms with van der Waals surface area (Å²) in [4.78, 5) is 9.58. The summed E-state index contributed by atoms with van der Waals surface area (Å²) >= 11 is 0. The van der Waals surface area contributed by atoms with Gasteiger partial charge < -0.3 is 10.2 Å². The zero-order chi connectivity index (χ0) is 8.85. The highest BCUT2D eigenvalue weighted by Gasteiger charge is 2.18. The molecule has 0 aliphatic heterocycles. The molecule has 2 atom stereocenters. The molecule has 0 heterocycles. The Labute approximate surface area is 64.8 Å². The normalized spacial score (nSPS) is 15.9. The minimum absolute atomic E-state index is 0.223. The molecule has 0 radical (unpaired) electrons. The highest BCUT2D eigenvalue weighted by Crippen LogP contribution is 2.03. The highest BCUT2D eigenvalue weighted by atomic mass is 16.6. The van der Waals surface area contributed by atoms with Gasteiger partial charge in [0, 0.05) is 11.3 Å². The molecule has 2 unspecified atom stereocenters. The van der Waals surface area contributed by atoms with E-state index in [1.165, 1.54) is 0 Å². The first-order valence-electron chi connectivity index (χ1n) is 3.50. The second kappa shape index (κ2) is 5.03. The molecule has 0 saturated heterocycles. The molecule has 0 aromatic carbocycles. The van der Waals surface area contributed by atoms with Gasteiger partial charge in [0.1, 0.15) is 6.61 Å². The van der Waals surface area contributed by atoms with Crippen molar-refractivity contribution in [2.75, 3.05) is 6.61 Å². The lowest BCUT2D eigenvalue weighted by atomic mass is 10.1. The zero-order valence-corrected chi connectivity index (χ0v) is 6.43. The Hall–Kier alpha value is -0.680. The second-order valence-electron chi connectivity index (χ2n) is 2.55. The summed E-state index contributed by atoms with van der Waals surface area (Å²) in [6.45, 7) is 1.11. The Bertz CT molecular complexity index is 126. The van der Waals surface area contributed by atoms with Gasteiger partial charge in [-0.2, -0.15) is 0 Å².